The van der Waals surface area contributed by atoms with Crippen molar-refractivity contribution < 1.29 is 4.79 Å². The lowest BCUT2D eigenvalue weighted by Crippen LogP contribution is -2.44. The highest BCUT2D eigenvalue weighted by Gasteiger charge is 2.56. The van der Waals surface area contributed by atoms with Crippen LogP contribution in [0.2, 0.25) is 0 Å². The number of carbonyl (C=O) groups excluding carboxylic acids is 1. The Kier molecular flexibility index (Phi) is 6.61. The molecule has 0 radical (unpaired) electrons. The van der Waals surface area contributed by atoms with Gasteiger partial charge in [-0.15, -0.1) is 23.2 Å². The number of hydrogen-bond acceptors (Lipinski definition) is 1. The average molecular weight is 370 g/mol. The van der Waals surface area contributed by atoms with Gasteiger partial charge in [0.15, 0.2) is 0 Å². The van der Waals surface area contributed by atoms with E-state index < -0.39 is 9.75 Å². The van der Waals surface area contributed by atoms with E-state index >= 15 is 0 Å². The maximum Gasteiger partial charge on any atom is 0.244 e. The van der Waals surface area contributed by atoms with Crippen LogP contribution < -0.4 is 0 Å². The molecule has 2 atom stereocenters. The summed E-state index contributed by atoms with van der Waals surface area (Å²) in [7, 11) is 0. The molecule has 1 heterocycles. The highest BCUT2D eigenvalue weighted by atomic mass is 35.5. The Labute approximate surface area is 156 Å². The molecular formula is C20H29Cl2NO. The molecule has 1 aromatic rings. The first kappa shape index (κ1) is 19.6. The number of likely N-dealkylation sites (tertiary alicyclic amines) is 1. The number of halogens is 2. The molecule has 1 fully saturated rings. The topological polar surface area (TPSA) is 20.3 Å². The number of rotatable bonds is 8. The number of alkyl halides is 2. The minimum atomic E-state index is -0.867. The highest BCUT2D eigenvalue weighted by molar-refractivity contribution is 6.37. The van der Waals surface area contributed by atoms with Crippen LogP contribution in [0.3, 0.4) is 0 Å². The van der Waals surface area contributed by atoms with Gasteiger partial charge in [0.25, 0.3) is 0 Å². The van der Waals surface area contributed by atoms with E-state index in [1.807, 2.05) is 49.1 Å². The molecule has 134 valence electrons. The highest BCUT2D eigenvalue weighted by Crippen LogP contribution is 2.47. The maximum absolute atomic E-state index is 13.1. The molecule has 0 bridgehead atoms. The molecule has 1 amide bonds. The zero-order valence-corrected chi connectivity index (χ0v) is 16.5. The van der Waals surface area contributed by atoms with E-state index in [1.54, 1.807) is 0 Å². The standard InChI is InChI=1S/C20H29Cl2NO/c1-4-5-6-10-13-20(22)17(19(2,3)21)15-23(18(20)24)14-16-11-8-7-9-12-16/h7-9,11-12,17H,4-6,10,13-15H2,1-3H3/t17-,20-/m0/s1. The van der Waals surface area contributed by atoms with E-state index in [1.165, 1.54) is 12.8 Å². The summed E-state index contributed by atoms with van der Waals surface area (Å²) in [6.07, 6.45) is 5.16. The Morgan fingerprint density at radius 1 is 1.21 bits per heavy atom. The lowest BCUT2D eigenvalue weighted by atomic mass is 9.81. The Balaban J connectivity index is 2.15. The van der Waals surface area contributed by atoms with Crippen molar-refractivity contribution in [3.63, 3.8) is 0 Å². The van der Waals surface area contributed by atoms with Crippen molar-refractivity contribution in [1.29, 1.82) is 0 Å². The van der Waals surface area contributed by atoms with Gasteiger partial charge in [0.1, 0.15) is 4.87 Å². The number of nitrogens with zero attached hydrogens (tertiary/aromatic N) is 1. The van der Waals surface area contributed by atoms with Crippen LogP contribution in [0.5, 0.6) is 0 Å². The summed E-state index contributed by atoms with van der Waals surface area (Å²) in [5.74, 6) is -0.00517. The van der Waals surface area contributed by atoms with Crippen LogP contribution in [0.1, 0.15) is 58.4 Å². The van der Waals surface area contributed by atoms with Gasteiger partial charge in [0.05, 0.1) is 0 Å². The molecule has 1 aliphatic rings. The third-order valence-corrected chi connectivity index (χ3v) is 5.91. The lowest BCUT2D eigenvalue weighted by molar-refractivity contribution is -0.130. The molecule has 0 N–H and O–H groups in total. The number of amides is 1. The summed E-state index contributed by atoms with van der Waals surface area (Å²) in [5.41, 5.74) is 1.13. The first-order valence-corrected chi connectivity index (χ1v) is 9.75. The van der Waals surface area contributed by atoms with Crippen molar-refractivity contribution >= 4 is 29.1 Å². The normalized spacial score (nSPS) is 24.6. The van der Waals surface area contributed by atoms with Crippen molar-refractivity contribution in [2.24, 2.45) is 5.92 Å². The van der Waals surface area contributed by atoms with E-state index in [4.69, 9.17) is 23.2 Å². The second-order valence-corrected chi connectivity index (χ2v) is 9.11. The molecule has 4 heteroatoms. The molecule has 1 aromatic carbocycles. The minimum absolute atomic E-state index is 0.0447. The number of hydrogen-bond donors (Lipinski definition) is 0. The molecule has 0 aromatic heterocycles. The van der Waals surface area contributed by atoms with Crippen molar-refractivity contribution in [2.75, 3.05) is 6.54 Å². The van der Waals surface area contributed by atoms with Gasteiger partial charge in [-0.25, -0.2) is 0 Å². The summed E-state index contributed by atoms with van der Waals surface area (Å²) in [4.78, 5) is 13.6. The van der Waals surface area contributed by atoms with Gasteiger partial charge in [-0.1, -0.05) is 62.9 Å². The van der Waals surface area contributed by atoms with Crippen LogP contribution >= 0.6 is 23.2 Å². The summed E-state index contributed by atoms with van der Waals surface area (Å²) in [6, 6.07) is 10.1. The van der Waals surface area contributed by atoms with E-state index in [-0.39, 0.29) is 11.8 Å². The summed E-state index contributed by atoms with van der Waals surface area (Å²) in [6.45, 7) is 7.36. The first-order chi connectivity index (χ1) is 11.3. The van der Waals surface area contributed by atoms with Gasteiger partial charge in [0, 0.05) is 23.9 Å². The monoisotopic (exact) mass is 369 g/mol. The fourth-order valence-electron chi connectivity index (χ4n) is 3.65. The van der Waals surface area contributed by atoms with E-state index in [0.29, 0.717) is 19.5 Å². The van der Waals surface area contributed by atoms with E-state index in [9.17, 15) is 4.79 Å². The van der Waals surface area contributed by atoms with Crippen molar-refractivity contribution in [3.05, 3.63) is 35.9 Å². The summed E-state index contributed by atoms with van der Waals surface area (Å²) < 4.78 is 0. The van der Waals surface area contributed by atoms with E-state index in [0.717, 1.165) is 18.4 Å². The Hall–Kier alpha value is -0.730. The zero-order valence-electron chi connectivity index (χ0n) is 15.0. The maximum atomic E-state index is 13.1. The quantitative estimate of drug-likeness (QED) is 0.430. The van der Waals surface area contributed by atoms with Crippen LogP contribution in [-0.2, 0) is 11.3 Å². The number of carbonyl (C=O) groups is 1. The fourth-order valence-corrected chi connectivity index (χ4v) is 4.56. The third kappa shape index (κ3) is 4.46. The predicted molar refractivity (Wildman–Crippen MR) is 103 cm³/mol. The first-order valence-electron chi connectivity index (χ1n) is 9.00. The number of benzene rings is 1. The minimum Gasteiger partial charge on any atom is -0.336 e. The van der Waals surface area contributed by atoms with Crippen LogP contribution in [0.25, 0.3) is 0 Å². The van der Waals surface area contributed by atoms with Gasteiger partial charge >= 0.3 is 0 Å². The van der Waals surface area contributed by atoms with Crippen LogP contribution in [0.4, 0.5) is 0 Å². The lowest BCUT2D eigenvalue weighted by Gasteiger charge is -2.33. The van der Waals surface area contributed by atoms with Crippen LogP contribution in [0, 0.1) is 5.92 Å². The second-order valence-electron chi connectivity index (χ2n) is 7.46. The molecule has 0 unspecified atom stereocenters. The van der Waals surface area contributed by atoms with E-state index in [2.05, 4.69) is 6.92 Å². The molecule has 0 aliphatic carbocycles. The number of unbranched alkanes of at least 4 members (excludes halogenated alkanes) is 3. The fraction of sp³-hybridized carbons (Fsp3) is 0.650. The molecule has 2 rings (SSSR count). The summed E-state index contributed by atoms with van der Waals surface area (Å²) in [5, 5.41) is 0. The van der Waals surface area contributed by atoms with Crippen LogP contribution in [-0.4, -0.2) is 27.1 Å². The Morgan fingerprint density at radius 3 is 2.46 bits per heavy atom. The Morgan fingerprint density at radius 2 is 1.88 bits per heavy atom. The van der Waals surface area contributed by atoms with Crippen molar-refractivity contribution in [1.82, 2.24) is 4.90 Å². The molecule has 1 aliphatic heterocycles. The summed E-state index contributed by atoms with van der Waals surface area (Å²) >= 11 is 13.6. The molecular weight excluding hydrogens is 341 g/mol. The van der Waals surface area contributed by atoms with Gasteiger partial charge in [-0.05, 0) is 25.8 Å². The Bertz CT molecular complexity index is 540. The van der Waals surface area contributed by atoms with Crippen LogP contribution in [0.15, 0.2) is 30.3 Å². The van der Waals surface area contributed by atoms with Crippen molar-refractivity contribution in [2.45, 2.75) is 69.2 Å². The zero-order chi connectivity index (χ0) is 17.8. The molecule has 1 saturated heterocycles. The second kappa shape index (κ2) is 8.10. The predicted octanol–water partition coefficient (Wildman–Crippen LogP) is 5.61. The molecule has 2 nitrogen and oxygen atoms in total. The molecule has 0 saturated carbocycles. The average Bonchev–Trinajstić information content (AvgIpc) is 2.78. The molecule has 0 spiro atoms. The SMILES string of the molecule is CCCCCC[C@@]1(Cl)C(=O)N(Cc2ccccc2)C[C@H]1C(C)(C)Cl. The van der Waals surface area contributed by atoms with Gasteiger partial charge in [-0.2, -0.15) is 0 Å². The van der Waals surface area contributed by atoms with Gasteiger partial charge in [-0.3, -0.25) is 4.79 Å². The smallest absolute Gasteiger partial charge is 0.244 e. The van der Waals surface area contributed by atoms with Gasteiger partial charge in [0.2, 0.25) is 5.91 Å². The van der Waals surface area contributed by atoms with Gasteiger partial charge < -0.3 is 4.90 Å². The van der Waals surface area contributed by atoms with Crippen molar-refractivity contribution in [3.8, 4) is 0 Å². The largest absolute Gasteiger partial charge is 0.336 e. The molecule has 24 heavy (non-hydrogen) atoms. The third-order valence-electron chi connectivity index (χ3n) is 5.04.